The van der Waals surface area contributed by atoms with Crippen molar-refractivity contribution < 1.29 is 8.78 Å². The highest BCUT2D eigenvalue weighted by molar-refractivity contribution is 7.98. The number of thioether (sulfide) groups is 1. The highest BCUT2D eigenvalue weighted by Gasteiger charge is 2.10. The van der Waals surface area contributed by atoms with E-state index in [0.29, 0.717) is 16.8 Å². The molecule has 0 radical (unpaired) electrons. The molecular weight excluding hydrogens is 310 g/mol. The lowest BCUT2D eigenvalue weighted by Crippen LogP contribution is -1.99. The van der Waals surface area contributed by atoms with E-state index in [1.54, 1.807) is 11.8 Å². The van der Waals surface area contributed by atoms with Crippen LogP contribution in [0.25, 0.3) is 10.2 Å². The molecule has 2 aromatic carbocycles. The Bertz CT molecular complexity index is 786. The molecule has 0 bridgehead atoms. The molecule has 0 saturated heterocycles. The van der Waals surface area contributed by atoms with Crippen molar-refractivity contribution in [1.82, 2.24) is 4.98 Å². The zero-order valence-electron chi connectivity index (χ0n) is 11.2. The van der Waals surface area contributed by atoms with Crippen molar-refractivity contribution in [2.24, 2.45) is 0 Å². The molecule has 21 heavy (non-hydrogen) atoms. The van der Waals surface area contributed by atoms with Crippen LogP contribution in [0.2, 0.25) is 0 Å². The molecule has 2 nitrogen and oxygen atoms in total. The largest absolute Gasteiger partial charge is 0.378 e. The van der Waals surface area contributed by atoms with Gasteiger partial charge in [0.25, 0.3) is 0 Å². The molecule has 108 valence electrons. The maximum absolute atomic E-state index is 13.6. The number of benzene rings is 2. The molecule has 3 aromatic rings. The fourth-order valence-corrected chi connectivity index (χ4v) is 3.51. The van der Waals surface area contributed by atoms with Crippen LogP contribution in [0.1, 0.15) is 5.01 Å². The molecule has 0 aliphatic rings. The Kier molecular flexibility index (Phi) is 4.07. The molecule has 0 fully saturated rings. The molecule has 0 unspecified atom stereocenters. The predicted molar refractivity (Wildman–Crippen MR) is 85.1 cm³/mol. The molecule has 1 aromatic heterocycles. The van der Waals surface area contributed by atoms with Crippen LogP contribution in [0.4, 0.5) is 14.5 Å². The second kappa shape index (κ2) is 5.99. The van der Waals surface area contributed by atoms with Gasteiger partial charge in [-0.3, -0.25) is 0 Å². The second-order valence-electron chi connectivity index (χ2n) is 4.40. The summed E-state index contributed by atoms with van der Waals surface area (Å²) in [5, 5.41) is 4.01. The number of hydrogen-bond donors (Lipinski definition) is 1. The topological polar surface area (TPSA) is 24.9 Å². The molecule has 3 rings (SSSR count). The molecule has 6 heteroatoms. The zero-order valence-corrected chi connectivity index (χ0v) is 12.8. The summed E-state index contributed by atoms with van der Waals surface area (Å²) in [6, 6.07) is 10.1. The van der Waals surface area contributed by atoms with E-state index in [-0.39, 0.29) is 0 Å². The third-order valence-electron chi connectivity index (χ3n) is 2.99. The fourth-order valence-electron chi connectivity index (χ4n) is 2.04. The minimum Gasteiger partial charge on any atom is -0.378 e. The first-order valence-electron chi connectivity index (χ1n) is 6.28. The molecule has 1 N–H and O–H groups in total. The van der Waals surface area contributed by atoms with Gasteiger partial charge in [-0.25, -0.2) is 13.8 Å². The van der Waals surface area contributed by atoms with Crippen LogP contribution in [0.3, 0.4) is 0 Å². The van der Waals surface area contributed by atoms with Gasteiger partial charge in [0.1, 0.15) is 16.6 Å². The highest BCUT2D eigenvalue weighted by atomic mass is 32.2. The monoisotopic (exact) mass is 322 g/mol. The zero-order chi connectivity index (χ0) is 14.8. The van der Waals surface area contributed by atoms with Gasteiger partial charge in [0.15, 0.2) is 0 Å². The van der Waals surface area contributed by atoms with Crippen molar-refractivity contribution in [2.75, 3.05) is 11.6 Å². The lowest BCUT2D eigenvalue weighted by molar-refractivity contribution is 0.593. The SMILES string of the molecule is CSc1ccccc1NCc1nc2cc(F)cc(F)c2s1. The minimum absolute atomic E-state index is 0.368. The summed E-state index contributed by atoms with van der Waals surface area (Å²) in [6.07, 6.45) is 2.01. The average Bonchev–Trinajstić information content (AvgIpc) is 2.88. The van der Waals surface area contributed by atoms with Gasteiger partial charge in [-0.1, -0.05) is 12.1 Å². The summed E-state index contributed by atoms with van der Waals surface area (Å²) in [6.45, 7) is 0.484. The Morgan fingerprint density at radius 1 is 1.24 bits per heavy atom. The van der Waals surface area contributed by atoms with Gasteiger partial charge >= 0.3 is 0 Å². The molecule has 0 amide bonds. The van der Waals surface area contributed by atoms with Gasteiger partial charge in [0.05, 0.1) is 16.8 Å². The minimum atomic E-state index is -0.600. The number of anilines is 1. The van der Waals surface area contributed by atoms with Crippen molar-refractivity contribution in [1.29, 1.82) is 0 Å². The molecule has 0 atom stereocenters. The lowest BCUT2D eigenvalue weighted by atomic mass is 10.3. The number of fused-ring (bicyclic) bond motifs is 1. The Labute approximate surface area is 129 Å². The molecular formula is C15H12F2N2S2. The summed E-state index contributed by atoms with van der Waals surface area (Å²) >= 11 is 2.89. The van der Waals surface area contributed by atoms with E-state index in [1.807, 2.05) is 30.5 Å². The van der Waals surface area contributed by atoms with Crippen molar-refractivity contribution in [3.63, 3.8) is 0 Å². The van der Waals surface area contributed by atoms with Crippen molar-refractivity contribution >= 4 is 39.0 Å². The molecule has 0 aliphatic heterocycles. The average molecular weight is 322 g/mol. The predicted octanol–water partition coefficient (Wildman–Crippen LogP) is 4.91. The van der Waals surface area contributed by atoms with E-state index in [0.717, 1.165) is 21.7 Å². The van der Waals surface area contributed by atoms with Crippen LogP contribution in [-0.2, 0) is 6.54 Å². The van der Waals surface area contributed by atoms with E-state index in [1.165, 1.54) is 17.4 Å². The first-order valence-corrected chi connectivity index (χ1v) is 8.33. The second-order valence-corrected chi connectivity index (χ2v) is 6.33. The van der Waals surface area contributed by atoms with Crippen molar-refractivity contribution in [3.8, 4) is 0 Å². The standard InChI is InChI=1S/C15H12F2N2S2/c1-20-13-5-3-2-4-11(13)18-8-14-19-12-7-9(16)6-10(17)15(12)21-14/h2-7,18H,8H2,1H3. The summed E-state index contributed by atoms with van der Waals surface area (Å²) in [5.41, 5.74) is 1.38. The van der Waals surface area contributed by atoms with Gasteiger partial charge in [-0.2, -0.15) is 0 Å². The normalized spacial score (nSPS) is 11.0. The summed E-state index contributed by atoms with van der Waals surface area (Å²) in [4.78, 5) is 5.41. The molecule has 0 saturated carbocycles. The van der Waals surface area contributed by atoms with Gasteiger partial charge in [-0.05, 0) is 18.4 Å². The number of halogens is 2. The maximum atomic E-state index is 13.6. The van der Waals surface area contributed by atoms with Gasteiger partial charge in [0, 0.05) is 22.7 Å². The fraction of sp³-hybridized carbons (Fsp3) is 0.133. The number of aromatic nitrogens is 1. The number of nitrogens with zero attached hydrogens (tertiary/aromatic N) is 1. The number of nitrogens with one attached hydrogen (secondary N) is 1. The van der Waals surface area contributed by atoms with Crippen LogP contribution in [0, 0.1) is 11.6 Å². The number of para-hydroxylation sites is 1. The third kappa shape index (κ3) is 3.01. The lowest BCUT2D eigenvalue weighted by Gasteiger charge is -2.08. The van der Waals surface area contributed by atoms with Gasteiger partial charge in [-0.15, -0.1) is 23.1 Å². The number of rotatable bonds is 4. The summed E-state index contributed by atoms with van der Waals surface area (Å²) < 4.78 is 27.2. The Morgan fingerprint density at radius 2 is 2.05 bits per heavy atom. The van der Waals surface area contributed by atoms with Crippen LogP contribution >= 0.6 is 23.1 Å². The van der Waals surface area contributed by atoms with E-state index in [9.17, 15) is 8.78 Å². The van der Waals surface area contributed by atoms with Crippen LogP contribution < -0.4 is 5.32 Å². The number of hydrogen-bond acceptors (Lipinski definition) is 4. The van der Waals surface area contributed by atoms with E-state index in [4.69, 9.17) is 0 Å². The third-order valence-corrected chi connectivity index (χ3v) is 4.87. The van der Waals surface area contributed by atoms with Crippen molar-refractivity contribution in [2.45, 2.75) is 11.4 Å². The maximum Gasteiger partial charge on any atom is 0.145 e. The van der Waals surface area contributed by atoms with Crippen LogP contribution in [-0.4, -0.2) is 11.2 Å². The highest BCUT2D eigenvalue weighted by Crippen LogP contribution is 2.28. The quantitative estimate of drug-likeness (QED) is 0.691. The first-order chi connectivity index (χ1) is 10.2. The summed E-state index contributed by atoms with van der Waals surface area (Å²) in [5.74, 6) is -1.16. The van der Waals surface area contributed by atoms with Crippen molar-refractivity contribution in [3.05, 3.63) is 53.0 Å². The number of thiazole rings is 1. The Hall–Kier alpha value is -1.66. The van der Waals surface area contributed by atoms with Crippen LogP contribution in [0.5, 0.6) is 0 Å². The molecule has 0 spiro atoms. The molecule has 0 aliphatic carbocycles. The first kappa shape index (κ1) is 14.3. The van der Waals surface area contributed by atoms with Crippen LogP contribution in [0.15, 0.2) is 41.3 Å². The Balaban J connectivity index is 1.84. The molecule has 1 heterocycles. The Morgan fingerprint density at radius 3 is 2.86 bits per heavy atom. The van der Waals surface area contributed by atoms with E-state index < -0.39 is 11.6 Å². The van der Waals surface area contributed by atoms with Gasteiger partial charge < -0.3 is 5.32 Å². The van der Waals surface area contributed by atoms with Gasteiger partial charge in [0.2, 0.25) is 0 Å². The smallest absolute Gasteiger partial charge is 0.145 e. The van der Waals surface area contributed by atoms with E-state index >= 15 is 0 Å². The summed E-state index contributed by atoms with van der Waals surface area (Å²) in [7, 11) is 0. The van der Waals surface area contributed by atoms with E-state index in [2.05, 4.69) is 10.3 Å².